The highest BCUT2D eigenvalue weighted by molar-refractivity contribution is 5.97. The lowest BCUT2D eigenvalue weighted by Gasteiger charge is -2.34. The van der Waals surface area contributed by atoms with Crippen molar-refractivity contribution in [1.82, 2.24) is 10.2 Å². The number of aliphatic hydroxyl groups excluding tert-OH is 1. The van der Waals surface area contributed by atoms with Crippen LogP contribution in [0.3, 0.4) is 0 Å². The summed E-state index contributed by atoms with van der Waals surface area (Å²) in [6.45, 7) is 4.66. The topological polar surface area (TPSA) is 82.8 Å². The third kappa shape index (κ3) is 3.85. The van der Waals surface area contributed by atoms with Gasteiger partial charge in [0.05, 0.1) is 24.5 Å². The summed E-state index contributed by atoms with van der Waals surface area (Å²) in [5.41, 5.74) is 0.448. The van der Waals surface area contributed by atoms with Crippen molar-refractivity contribution in [2.75, 3.05) is 19.6 Å². The molecule has 0 aromatic carbocycles. The zero-order valence-corrected chi connectivity index (χ0v) is 12.5. The summed E-state index contributed by atoms with van der Waals surface area (Å²) in [6, 6.07) is 1.58. The molecule has 1 saturated heterocycles. The number of hydrogen-bond acceptors (Lipinski definition) is 4. The SMILES string of the molecule is Cc1occc1C(=O)NCC(=O)N1CCCC(C(C)O)C1. The zero-order chi connectivity index (χ0) is 15.4. The fraction of sp³-hybridized carbons (Fsp3) is 0.600. The lowest BCUT2D eigenvalue weighted by Crippen LogP contribution is -2.46. The Morgan fingerprint density at radius 1 is 1.57 bits per heavy atom. The van der Waals surface area contributed by atoms with E-state index in [4.69, 9.17) is 4.42 Å². The van der Waals surface area contributed by atoms with Crippen LogP contribution >= 0.6 is 0 Å². The number of rotatable bonds is 4. The van der Waals surface area contributed by atoms with E-state index in [0.717, 1.165) is 12.8 Å². The van der Waals surface area contributed by atoms with Gasteiger partial charge in [-0.2, -0.15) is 0 Å². The summed E-state index contributed by atoms with van der Waals surface area (Å²) >= 11 is 0. The average molecular weight is 294 g/mol. The lowest BCUT2D eigenvalue weighted by molar-refractivity contribution is -0.132. The van der Waals surface area contributed by atoms with Crippen molar-refractivity contribution in [3.63, 3.8) is 0 Å². The van der Waals surface area contributed by atoms with Crippen LogP contribution < -0.4 is 5.32 Å². The van der Waals surface area contributed by atoms with Crippen LogP contribution in [0.4, 0.5) is 0 Å². The van der Waals surface area contributed by atoms with Gasteiger partial charge in [0.1, 0.15) is 5.76 Å². The van der Waals surface area contributed by atoms with E-state index in [2.05, 4.69) is 5.32 Å². The first kappa shape index (κ1) is 15.6. The Labute approximate surface area is 124 Å². The molecule has 2 atom stereocenters. The van der Waals surface area contributed by atoms with E-state index < -0.39 is 6.10 Å². The Morgan fingerprint density at radius 3 is 2.95 bits per heavy atom. The van der Waals surface area contributed by atoms with Crippen LogP contribution in [0.2, 0.25) is 0 Å². The predicted octanol–water partition coefficient (Wildman–Crippen LogP) is 0.937. The molecule has 0 bridgehead atoms. The molecule has 6 heteroatoms. The second-order valence-electron chi connectivity index (χ2n) is 5.56. The number of amides is 2. The summed E-state index contributed by atoms with van der Waals surface area (Å²) in [6.07, 6.45) is 2.85. The summed E-state index contributed by atoms with van der Waals surface area (Å²) in [5, 5.41) is 12.2. The summed E-state index contributed by atoms with van der Waals surface area (Å²) < 4.78 is 5.07. The maximum atomic E-state index is 12.1. The monoisotopic (exact) mass is 294 g/mol. The Morgan fingerprint density at radius 2 is 2.33 bits per heavy atom. The highest BCUT2D eigenvalue weighted by atomic mass is 16.3. The van der Waals surface area contributed by atoms with Crippen LogP contribution in [-0.2, 0) is 4.79 Å². The molecule has 21 heavy (non-hydrogen) atoms. The summed E-state index contributed by atoms with van der Waals surface area (Å²) in [7, 11) is 0. The molecule has 0 saturated carbocycles. The molecule has 0 aliphatic carbocycles. The number of aryl methyl sites for hydroxylation is 1. The molecule has 1 aromatic heterocycles. The van der Waals surface area contributed by atoms with E-state index in [1.54, 1.807) is 24.8 Å². The molecule has 1 aromatic rings. The van der Waals surface area contributed by atoms with Gasteiger partial charge in [0.15, 0.2) is 0 Å². The van der Waals surface area contributed by atoms with E-state index in [-0.39, 0.29) is 24.3 Å². The van der Waals surface area contributed by atoms with Crippen LogP contribution in [0.15, 0.2) is 16.7 Å². The maximum absolute atomic E-state index is 12.1. The largest absolute Gasteiger partial charge is 0.469 e. The van der Waals surface area contributed by atoms with Crippen LogP contribution in [0.25, 0.3) is 0 Å². The molecule has 0 radical (unpaired) electrons. The van der Waals surface area contributed by atoms with Crippen LogP contribution in [0, 0.1) is 12.8 Å². The number of nitrogens with one attached hydrogen (secondary N) is 1. The molecule has 2 N–H and O–H groups in total. The molecule has 2 amide bonds. The van der Waals surface area contributed by atoms with Crippen LogP contribution in [-0.4, -0.2) is 47.6 Å². The molecule has 6 nitrogen and oxygen atoms in total. The molecule has 2 unspecified atom stereocenters. The number of piperidine rings is 1. The Balaban J connectivity index is 1.84. The standard InChI is InChI=1S/C15H22N2O4/c1-10(18)12-4-3-6-17(9-12)14(19)8-16-15(20)13-5-7-21-11(13)2/h5,7,10,12,18H,3-4,6,8-9H2,1-2H3,(H,16,20). The first-order valence-electron chi connectivity index (χ1n) is 7.27. The summed E-state index contributed by atoms with van der Waals surface area (Å²) in [4.78, 5) is 25.7. The van der Waals surface area contributed by atoms with E-state index in [1.807, 2.05) is 0 Å². The number of carbonyl (C=O) groups excluding carboxylic acids is 2. The van der Waals surface area contributed by atoms with Crippen molar-refractivity contribution < 1.29 is 19.1 Å². The van der Waals surface area contributed by atoms with Gasteiger partial charge in [0, 0.05) is 19.0 Å². The Hall–Kier alpha value is -1.82. The number of hydrogen-bond donors (Lipinski definition) is 2. The van der Waals surface area contributed by atoms with Crippen molar-refractivity contribution >= 4 is 11.8 Å². The highest BCUT2D eigenvalue weighted by Crippen LogP contribution is 2.19. The number of furan rings is 1. The van der Waals surface area contributed by atoms with E-state index in [0.29, 0.717) is 24.4 Å². The average Bonchev–Trinajstić information content (AvgIpc) is 2.90. The molecule has 2 rings (SSSR count). The number of nitrogens with zero attached hydrogens (tertiary/aromatic N) is 1. The quantitative estimate of drug-likeness (QED) is 0.865. The van der Waals surface area contributed by atoms with Gasteiger partial charge in [0.2, 0.25) is 5.91 Å². The van der Waals surface area contributed by atoms with Gasteiger partial charge in [-0.1, -0.05) is 0 Å². The van der Waals surface area contributed by atoms with Crippen LogP contribution in [0.5, 0.6) is 0 Å². The third-order valence-corrected chi connectivity index (χ3v) is 4.00. The first-order valence-corrected chi connectivity index (χ1v) is 7.27. The van der Waals surface area contributed by atoms with E-state index >= 15 is 0 Å². The number of likely N-dealkylation sites (tertiary alicyclic amines) is 1. The fourth-order valence-electron chi connectivity index (χ4n) is 2.61. The molecule has 0 spiro atoms. The molecule has 116 valence electrons. The number of aliphatic hydroxyl groups is 1. The van der Waals surface area contributed by atoms with Gasteiger partial charge in [-0.15, -0.1) is 0 Å². The lowest BCUT2D eigenvalue weighted by atomic mass is 9.93. The minimum atomic E-state index is -0.413. The molecule has 1 fully saturated rings. The van der Waals surface area contributed by atoms with Crippen molar-refractivity contribution in [2.45, 2.75) is 32.8 Å². The minimum absolute atomic E-state index is 0.0318. The van der Waals surface area contributed by atoms with Crippen molar-refractivity contribution in [2.24, 2.45) is 5.92 Å². The van der Waals surface area contributed by atoms with Crippen LogP contribution in [0.1, 0.15) is 35.9 Å². The summed E-state index contributed by atoms with van der Waals surface area (Å²) in [5.74, 6) is 0.232. The van der Waals surface area contributed by atoms with Gasteiger partial charge in [-0.3, -0.25) is 9.59 Å². The van der Waals surface area contributed by atoms with E-state index in [9.17, 15) is 14.7 Å². The second kappa shape index (κ2) is 6.76. The second-order valence-corrected chi connectivity index (χ2v) is 5.56. The van der Waals surface area contributed by atoms with Gasteiger partial charge in [0.25, 0.3) is 5.91 Å². The molecule has 2 heterocycles. The minimum Gasteiger partial charge on any atom is -0.469 e. The normalized spacial score (nSPS) is 20.1. The Bertz CT molecular complexity index is 510. The zero-order valence-electron chi connectivity index (χ0n) is 12.5. The molecule has 1 aliphatic heterocycles. The van der Waals surface area contributed by atoms with Crippen molar-refractivity contribution in [3.8, 4) is 0 Å². The fourth-order valence-corrected chi connectivity index (χ4v) is 2.61. The predicted molar refractivity (Wildman–Crippen MR) is 76.8 cm³/mol. The molecule has 1 aliphatic rings. The van der Waals surface area contributed by atoms with Gasteiger partial charge in [-0.25, -0.2) is 0 Å². The molecular weight excluding hydrogens is 272 g/mol. The maximum Gasteiger partial charge on any atom is 0.255 e. The Kier molecular flexibility index (Phi) is 5.01. The van der Waals surface area contributed by atoms with Gasteiger partial charge >= 0.3 is 0 Å². The molecular formula is C15H22N2O4. The van der Waals surface area contributed by atoms with Gasteiger partial charge in [-0.05, 0) is 32.8 Å². The smallest absolute Gasteiger partial charge is 0.255 e. The highest BCUT2D eigenvalue weighted by Gasteiger charge is 2.26. The van der Waals surface area contributed by atoms with Crippen molar-refractivity contribution in [3.05, 3.63) is 23.7 Å². The number of carbonyl (C=O) groups is 2. The van der Waals surface area contributed by atoms with Crippen molar-refractivity contribution in [1.29, 1.82) is 0 Å². The third-order valence-electron chi connectivity index (χ3n) is 4.00. The van der Waals surface area contributed by atoms with E-state index in [1.165, 1.54) is 6.26 Å². The van der Waals surface area contributed by atoms with Gasteiger partial charge < -0.3 is 19.7 Å². The first-order chi connectivity index (χ1) is 9.99.